The zero-order valence-electron chi connectivity index (χ0n) is 7.07. The molecular weight excluding hydrogens is 148 g/mol. The van der Waals surface area contributed by atoms with Crippen LogP contribution >= 0.6 is 0 Å². The second-order valence-corrected chi connectivity index (χ2v) is 2.16. The number of hydrogen-bond donors (Lipinski definition) is 0. The lowest BCUT2D eigenvalue weighted by Gasteiger charge is -1.98. The Morgan fingerprint density at radius 1 is 1.27 bits per heavy atom. The maximum absolute atomic E-state index is 9.49. The highest BCUT2D eigenvalue weighted by molar-refractivity contribution is 5.36. The first kappa shape index (κ1) is 12.6. The lowest BCUT2D eigenvalue weighted by Crippen LogP contribution is -1.98. The molecule has 0 fully saturated rings. The summed E-state index contributed by atoms with van der Waals surface area (Å²) < 4.78 is 8.28. The highest BCUT2D eigenvalue weighted by atomic mass is 16.5. The molecule has 0 aliphatic heterocycles. The van der Waals surface area contributed by atoms with Crippen LogP contribution in [0.4, 0.5) is 0 Å². The van der Waals surface area contributed by atoms with Gasteiger partial charge >= 0.3 is 0 Å². The van der Waals surface area contributed by atoms with Gasteiger partial charge in [0.05, 0.1) is 13.7 Å². The normalized spacial score (nSPS) is 7.64. The molecule has 4 heteroatoms. The van der Waals surface area contributed by atoms with Crippen LogP contribution in [0, 0.1) is 5.92 Å². The predicted molar refractivity (Wildman–Crippen MR) is 39.9 cm³/mol. The van der Waals surface area contributed by atoms with Crippen LogP contribution in [-0.4, -0.2) is 26.7 Å². The first-order chi connectivity index (χ1) is 5.18. The summed E-state index contributed by atoms with van der Waals surface area (Å²) in [6, 6.07) is 0. The minimum Gasteiger partial charge on any atom is -0.471 e. The lowest BCUT2D eigenvalue weighted by atomic mass is 10.2. The van der Waals surface area contributed by atoms with E-state index in [1.807, 2.05) is 13.8 Å². The SMILES string of the molecule is CC(C)COC=O.COC=O. The van der Waals surface area contributed by atoms with Crippen LogP contribution in [0.25, 0.3) is 0 Å². The number of carbonyl (C=O) groups excluding carboxylic acids is 2. The van der Waals surface area contributed by atoms with E-state index in [0.29, 0.717) is 25.5 Å². The van der Waals surface area contributed by atoms with E-state index >= 15 is 0 Å². The molecule has 0 N–H and O–H groups in total. The molecule has 0 radical (unpaired) electrons. The fourth-order valence-corrected chi connectivity index (χ4v) is 0.232. The van der Waals surface area contributed by atoms with Gasteiger partial charge in [0.15, 0.2) is 0 Å². The van der Waals surface area contributed by atoms with E-state index in [1.165, 1.54) is 7.11 Å². The fourth-order valence-electron chi connectivity index (χ4n) is 0.232. The van der Waals surface area contributed by atoms with Crippen molar-refractivity contribution in [3.63, 3.8) is 0 Å². The van der Waals surface area contributed by atoms with Gasteiger partial charge in [0.1, 0.15) is 0 Å². The summed E-state index contributed by atoms with van der Waals surface area (Å²) in [4.78, 5) is 18.4. The van der Waals surface area contributed by atoms with Crippen molar-refractivity contribution in [1.82, 2.24) is 0 Å². The first-order valence-corrected chi connectivity index (χ1v) is 3.20. The molecule has 0 amide bonds. The largest absolute Gasteiger partial charge is 0.471 e. The molecule has 0 spiro atoms. The second-order valence-electron chi connectivity index (χ2n) is 2.16. The zero-order chi connectivity index (χ0) is 9.11. The highest BCUT2D eigenvalue weighted by Gasteiger charge is 1.88. The molecule has 11 heavy (non-hydrogen) atoms. The van der Waals surface area contributed by atoms with Gasteiger partial charge in [-0.1, -0.05) is 13.8 Å². The molecule has 0 bridgehead atoms. The highest BCUT2D eigenvalue weighted by Crippen LogP contribution is 1.88. The Morgan fingerprint density at radius 2 is 1.73 bits per heavy atom. The van der Waals surface area contributed by atoms with E-state index in [-0.39, 0.29) is 0 Å². The third kappa shape index (κ3) is 27.7. The maximum atomic E-state index is 9.49. The summed E-state index contributed by atoms with van der Waals surface area (Å²) in [5, 5.41) is 0. The van der Waals surface area contributed by atoms with Gasteiger partial charge in [0.25, 0.3) is 12.9 Å². The van der Waals surface area contributed by atoms with Gasteiger partial charge in [-0.25, -0.2) is 0 Å². The summed E-state index contributed by atoms with van der Waals surface area (Å²) in [5.41, 5.74) is 0. The van der Waals surface area contributed by atoms with Gasteiger partial charge in [-0.2, -0.15) is 0 Å². The molecule has 0 unspecified atom stereocenters. The van der Waals surface area contributed by atoms with Crippen molar-refractivity contribution in [2.24, 2.45) is 5.92 Å². The average Bonchev–Trinajstić information content (AvgIpc) is 2.01. The van der Waals surface area contributed by atoms with Crippen molar-refractivity contribution in [3.05, 3.63) is 0 Å². The Labute approximate surface area is 66.5 Å². The second kappa shape index (κ2) is 11.7. The van der Waals surface area contributed by atoms with Crippen LogP contribution in [0.15, 0.2) is 0 Å². The third-order valence-electron chi connectivity index (χ3n) is 0.594. The van der Waals surface area contributed by atoms with Crippen LogP contribution in [0.5, 0.6) is 0 Å². The molecule has 0 saturated carbocycles. The number of hydrogen-bond acceptors (Lipinski definition) is 4. The minimum absolute atomic E-state index is 0.375. The smallest absolute Gasteiger partial charge is 0.293 e. The maximum Gasteiger partial charge on any atom is 0.293 e. The summed E-state index contributed by atoms with van der Waals surface area (Å²) in [6.07, 6.45) is 0. The summed E-state index contributed by atoms with van der Waals surface area (Å²) in [7, 11) is 1.31. The molecule has 0 atom stereocenters. The summed E-state index contributed by atoms with van der Waals surface area (Å²) in [6.45, 7) is 5.36. The average molecular weight is 162 g/mol. The Bertz CT molecular complexity index is 90.4. The van der Waals surface area contributed by atoms with Crippen molar-refractivity contribution in [3.8, 4) is 0 Å². The van der Waals surface area contributed by atoms with E-state index in [2.05, 4.69) is 9.47 Å². The molecule has 0 saturated heterocycles. The number of carbonyl (C=O) groups is 2. The monoisotopic (exact) mass is 162 g/mol. The number of rotatable bonds is 4. The molecule has 0 rings (SSSR count). The lowest BCUT2D eigenvalue weighted by molar-refractivity contribution is -0.129. The van der Waals surface area contributed by atoms with E-state index < -0.39 is 0 Å². The molecule has 0 aromatic rings. The van der Waals surface area contributed by atoms with Crippen LogP contribution < -0.4 is 0 Å². The van der Waals surface area contributed by atoms with Gasteiger partial charge in [-0.15, -0.1) is 0 Å². The molecule has 0 aliphatic carbocycles. The summed E-state index contributed by atoms with van der Waals surface area (Å²) in [5.74, 6) is 0.449. The summed E-state index contributed by atoms with van der Waals surface area (Å²) >= 11 is 0. The standard InChI is InChI=1S/C5H10O2.C2H4O2/c1-5(2)3-7-4-6;1-4-2-3/h4-5H,3H2,1-2H3;2H,1H3. The van der Waals surface area contributed by atoms with E-state index in [4.69, 9.17) is 4.79 Å². The van der Waals surface area contributed by atoms with Crippen molar-refractivity contribution >= 4 is 12.9 Å². The zero-order valence-corrected chi connectivity index (χ0v) is 7.07. The van der Waals surface area contributed by atoms with Crippen molar-refractivity contribution < 1.29 is 19.1 Å². The van der Waals surface area contributed by atoms with Gasteiger partial charge < -0.3 is 9.47 Å². The molecular formula is C7H14O4. The van der Waals surface area contributed by atoms with Crippen LogP contribution in [0.2, 0.25) is 0 Å². The van der Waals surface area contributed by atoms with Crippen LogP contribution in [0.1, 0.15) is 13.8 Å². The van der Waals surface area contributed by atoms with Crippen molar-refractivity contribution in [2.45, 2.75) is 13.8 Å². The van der Waals surface area contributed by atoms with Gasteiger partial charge in [-0.3, -0.25) is 9.59 Å². The molecule has 66 valence electrons. The molecule has 0 aromatic carbocycles. The van der Waals surface area contributed by atoms with Gasteiger partial charge in [-0.05, 0) is 5.92 Å². The van der Waals surface area contributed by atoms with Crippen LogP contribution in [-0.2, 0) is 19.1 Å². The quantitative estimate of drug-likeness (QED) is 0.568. The Hall–Kier alpha value is -1.06. The van der Waals surface area contributed by atoms with Crippen molar-refractivity contribution in [2.75, 3.05) is 13.7 Å². The topological polar surface area (TPSA) is 52.6 Å². The molecule has 0 aromatic heterocycles. The van der Waals surface area contributed by atoms with Gasteiger partial charge in [0.2, 0.25) is 0 Å². The number of methoxy groups -OCH3 is 1. The third-order valence-corrected chi connectivity index (χ3v) is 0.594. The Morgan fingerprint density at radius 3 is 1.82 bits per heavy atom. The molecule has 0 aliphatic rings. The fraction of sp³-hybridized carbons (Fsp3) is 0.714. The minimum atomic E-state index is 0.375. The van der Waals surface area contributed by atoms with Crippen LogP contribution in [0.3, 0.4) is 0 Å². The molecule has 0 heterocycles. The first-order valence-electron chi connectivity index (χ1n) is 3.20. The van der Waals surface area contributed by atoms with E-state index in [9.17, 15) is 4.79 Å². The van der Waals surface area contributed by atoms with Gasteiger partial charge in [0, 0.05) is 0 Å². The number of ether oxygens (including phenoxy) is 2. The van der Waals surface area contributed by atoms with E-state index in [0.717, 1.165) is 0 Å². The predicted octanol–water partition coefficient (Wildman–Crippen LogP) is 0.605. The Balaban J connectivity index is 0. The molecule has 4 nitrogen and oxygen atoms in total. The van der Waals surface area contributed by atoms with Crippen molar-refractivity contribution in [1.29, 1.82) is 0 Å². The Kier molecular flexibility index (Phi) is 13.4. The van der Waals surface area contributed by atoms with E-state index in [1.54, 1.807) is 0 Å².